The van der Waals surface area contributed by atoms with Crippen LogP contribution in [0, 0.1) is 10.1 Å². The van der Waals surface area contributed by atoms with Crippen molar-refractivity contribution >= 4 is 17.7 Å². The number of hydrogen-bond donors (Lipinski definition) is 0. The molecule has 0 aliphatic carbocycles. The summed E-state index contributed by atoms with van der Waals surface area (Å²) < 4.78 is 10.8. The Bertz CT molecular complexity index is 869. The van der Waals surface area contributed by atoms with Gasteiger partial charge in [-0.3, -0.25) is 14.9 Å². The molecule has 0 spiro atoms. The smallest absolute Gasteiger partial charge is 0.319 e. The predicted octanol–water partition coefficient (Wildman–Crippen LogP) is 2.48. The van der Waals surface area contributed by atoms with Gasteiger partial charge >= 0.3 is 6.01 Å². The summed E-state index contributed by atoms with van der Waals surface area (Å²) in [6, 6.07) is 7.90. The van der Waals surface area contributed by atoms with Gasteiger partial charge < -0.3 is 14.4 Å². The van der Waals surface area contributed by atoms with E-state index in [4.69, 9.17) is 9.47 Å². The van der Waals surface area contributed by atoms with E-state index < -0.39 is 4.92 Å². The summed E-state index contributed by atoms with van der Waals surface area (Å²) in [5.74, 6) is 0.277. The van der Waals surface area contributed by atoms with Gasteiger partial charge in [-0.15, -0.1) is 0 Å². The summed E-state index contributed by atoms with van der Waals surface area (Å²) in [6.07, 6.45) is 6.15. The van der Waals surface area contributed by atoms with Crippen LogP contribution in [0.25, 0.3) is 6.08 Å². The molecule has 2 heterocycles. The Kier molecular flexibility index (Phi) is 6.15. The van der Waals surface area contributed by atoms with Gasteiger partial charge in [-0.25, -0.2) is 4.98 Å². The topological polar surface area (TPSA) is 108 Å². The normalized spacial score (nSPS) is 16.8. The zero-order valence-electron chi connectivity index (χ0n) is 15.4. The molecule has 28 heavy (non-hydrogen) atoms. The van der Waals surface area contributed by atoms with Crippen molar-refractivity contribution in [2.75, 3.05) is 20.2 Å². The number of hydrogen-bond acceptors (Lipinski definition) is 7. The van der Waals surface area contributed by atoms with Crippen molar-refractivity contribution in [2.24, 2.45) is 0 Å². The number of ether oxygens (including phenoxy) is 2. The lowest BCUT2D eigenvalue weighted by molar-refractivity contribution is -0.384. The van der Waals surface area contributed by atoms with Crippen LogP contribution in [0.15, 0.2) is 42.6 Å². The molecule has 3 rings (SSSR count). The van der Waals surface area contributed by atoms with Crippen LogP contribution in [0.3, 0.4) is 0 Å². The number of nitro groups is 1. The highest BCUT2D eigenvalue weighted by Crippen LogP contribution is 2.19. The van der Waals surface area contributed by atoms with E-state index in [2.05, 4.69) is 9.97 Å². The molecule has 1 aromatic heterocycles. The molecule has 0 radical (unpaired) electrons. The first kappa shape index (κ1) is 19.3. The molecule has 1 aliphatic heterocycles. The number of nitro benzene ring substituents is 1. The molecule has 2 aromatic rings. The number of non-ortho nitro benzene ring substituents is 1. The molecule has 9 nitrogen and oxygen atoms in total. The fraction of sp³-hybridized carbons (Fsp3) is 0.316. The molecule has 0 N–H and O–H groups in total. The van der Waals surface area contributed by atoms with Gasteiger partial charge in [-0.05, 0) is 36.6 Å². The molecule has 0 saturated carbocycles. The number of carbonyl (C=O) groups is 1. The van der Waals surface area contributed by atoms with E-state index in [0.717, 1.165) is 18.4 Å². The molecule has 1 unspecified atom stereocenters. The number of aromatic nitrogens is 2. The van der Waals surface area contributed by atoms with Crippen LogP contribution in [-0.2, 0) is 4.79 Å². The van der Waals surface area contributed by atoms with Gasteiger partial charge in [0.05, 0.1) is 18.6 Å². The quantitative estimate of drug-likeness (QED) is 0.428. The first-order chi connectivity index (χ1) is 13.5. The number of benzene rings is 1. The van der Waals surface area contributed by atoms with Crippen LogP contribution in [0.1, 0.15) is 18.4 Å². The lowest BCUT2D eigenvalue weighted by Gasteiger charge is -2.32. The Hall–Kier alpha value is -3.49. The van der Waals surface area contributed by atoms with Gasteiger partial charge in [0.15, 0.2) is 0 Å². The summed E-state index contributed by atoms with van der Waals surface area (Å²) >= 11 is 0. The van der Waals surface area contributed by atoms with Crippen LogP contribution in [0.4, 0.5) is 5.69 Å². The third-order valence-corrected chi connectivity index (χ3v) is 4.29. The minimum absolute atomic E-state index is 0.0147. The Morgan fingerprint density at radius 3 is 2.82 bits per heavy atom. The van der Waals surface area contributed by atoms with Crippen LogP contribution < -0.4 is 9.47 Å². The van der Waals surface area contributed by atoms with Crippen molar-refractivity contribution in [2.45, 2.75) is 18.9 Å². The van der Waals surface area contributed by atoms with Gasteiger partial charge in [-0.2, -0.15) is 4.98 Å². The van der Waals surface area contributed by atoms with E-state index in [1.807, 2.05) is 0 Å². The van der Waals surface area contributed by atoms with Gasteiger partial charge in [0, 0.05) is 37.0 Å². The van der Waals surface area contributed by atoms with E-state index in [9.17, 15) is 14.9 Å². The summed E-state index contributed by atoms with van der Waals surface area (Å²) in [5, 5.41) is 10.7. The molecular formula is C19H20N4O5. The molecule has 1 aliphatic rings. The monoisotopic (exact) mass is 384 g/mol. The first-order valence-electron chi connectivity index (χ1n) is 8.80. The lowest BCUT2D eigenvalue weighted by atomic mass is 10.1. The molecule has 1 atom stereocenters. The second-order valence-electron chi connectivity index (χ2n) is 6.23. The molecule has 1 amide bonds. The van der Waals surface area contributed by atoms with Crippen molar-refractivity contribution < 1.29 is 19.2 Å². The average molecular weight is 384 g/mol. The minimum Gasteiger partial charge on any atom is -0.472 e. The van der Waals surface area contributed by atoms with Crippen molar-refractivity contribution in [3.05, 3.63) is 58.3 Å². The summed E-state index contributed by atoms with van der Waals surface area (Å²) in [5.41, 5.74) is 0.734. The highest BCUT2D eigenvalue weighted by atomic mass is 16.6. The number of rotatable bonds is 6. The van der Waals surface area contributed by atoms with E-state index >= 15 is 0 Å². The van der Waals surface area contributed by atoms with Gasteiger partial charge in [0.25, 0.3) is 5.69 Å². The van der Waals surface area contributed by atoms with E-state index in [0.29, 0.717) is 19.0 Å². The summed E-state index contributed by atoms with van der Waals surface area (Å²) in [6.45, 7) is 1.10. The fourth-order valence-corrected chi connectivity index (χ4v) is 2.87. The summed E-state index contributed by atoms with van der Waals surface area (Å²) in [7, 11) is 1.48. The standard InChI is InChI=1S/C19H20N4O5/c1-27-19-20-11-10-17(21-19)28-16-3-2-12-22(13-16)18(24)9-6-14-4-7-15(8-5-14)23(25)26/h4-11,16H,2-3,12-13H2,1H3/b9-6+. The molecule has 1 aromatic carbocycles. The number of carbonyl (C=O) groups excluding carboxylic acids is 1. The predicted molar refractivity (Wildman–Crippen MR) is 101 cm³/mol. The molecule has 0 bridgehead atoms. The highest BCUT2D eigenvalue weighted by Gasteiger charge is 2.24. The maximum Gasteiger partial charge on any atom is 0.319 e. The zero-order valence-corrected chi connectivity index (χ0v) is 15.4. The van der Waals surface area contributed by atoms with Gasteiger partial charge in [-0.1, -0.05) is 0 Å². The Morgan fingerprint density at radius 1 is 1.32 bits per heavy atom. The number of nitrogens with zero attached hydrogens (tertiary/aromatic N) is 4. The second kappa shape index (κ2) is 8.94. The third-order valence-electron chi connectivity index (χ3n) is 4.29. The second-order valence-corrected chi connectivity index (χ2v) is 6.23. The van der Waals surface area contributed by atoms with E-state index in [1.165, 1.54) is 25.3 Å². The van der Waals surface area contributed by atoms with Crippen molar-refractivity contribution in [3.63, 3.8) is 0 Å². The van der Waals surface area contributed by atoms with Crippen molar-refractivity contribution in [3.8, 4) is 11.9 Å². The maximum absolute atomic E-state index is 12.5. The molecule has 9 heteroatoms. The van der Waals surface area contributed by atoms with Crippen LogP contribution >= 0.6 is 0 Å². The number of likely N-dealkylation sites (tertiary alicyclic amines) is 1. The molecule has 1 saturated heterocycles. The lowest BCUT2D eigenvalue weighted by Crippen LogP contribution is -2.43. The maximum atomic E-state index is 12.5. The highest BCUT2D eigenvalue weighted by molar-refractivity contribution is 5.91. The fourth-order valence-electron chi connectivity index (χ4n) is 2.87. The third kappa shape index (κ3) is 5.03. The largest absolute Gasteiger partial charge is 0.472 e. The SMILES string of the molecule is COc1nccc(OC2CCCN(C(=O)/C=C/c3ccc([N+](=O)[O-])cc3)C2)n1. The average Bonchev–Trinajstić information content (AvgIpc) is 2.72. The van der Waals surface area contributed by atoms with Crippen molar-refractivity contribution in [1.82, 2.24) is 14.9 Å². The number of amides is 1. The Labute approximate surface area is 161 Å². The Morgan fingerprint density at radius 2 is 2.11 bits per heavy atom. The van der Waals surface area contributed by atoms with Crippen LogP contribution in [0.5, 0.6) is 11.9 Å². The zero-order chi connectivity index (χ0) is 19.9. The minimum atomic E-state index is -0.459. The molecule has 1 fully saturated rings. The Balaban J connectivity index is 1.58. The molecular weight excluding hydrogens is 364 g/mol. The first-order valence-corrected chi connectivity index (χ1v) is 8.80. The summed E-state index contributed by atoms with van der Waals surface area (Å²) in [4.78, 5) is 32.5. The molecule has 146 valence electrons. The van der Waals surface area contributed by atoms with E-state index in [-0.39, 0.29) is 23.7 Å². The van der Waals surface area contributed by atoms with Crippen LogP contribution in [0.2, 0.25) is 0 Å². The number of piperidine rings is 1. The van der Waals surface area contributed by atoms with E-state index in [1.54, 1.807) is 35.4 Å². The van der Waals surface area contributed by atoms with Crippen LogP contribution in [-0.4, -0.2) is 52.0 Å². The number of methoxy groups -OCH3 is 1. The van der Waals surface area contributed by atoms with Gasteiger partial charge in [0.1, 0.15) is 6.10 Å². The van der Waals surface area contributed by atoms with Gasteiger partial charge in [0.2, 0.25) is 11.8 Å². The van der Waals surface area contributed by atoms with Crippen molar-refractivity contribution in [1.29, 1.82) is 0 Å².